The van der Waals surface area contributed by atoms with E-state index < -0.39 is 0 Å². The Bertz CT molecular complexity index is 376. The average Bonchev–Trinajstić information content (AvgIpc) is 2.36. The molecule has 1 N–H and O–H groups in total. The van der Waals surface area contributed by atoms with Crippen LogP contribution in [0.3, 0.4) is 0 Å². The summed E-state index contributed by atoms with van der Waals surface area (Å²) in [5, 5.41) is 2.85. The van der Waals surface area contributed by atoms with Crippen molar-refractivity contribution >= 4 is 17.7 Å². The van der Waals surface area contributed by atoms with Gasteiger partial charge in [0.1, 0.15) is 5.75 Å². The molecule has 0 aliphatic heterocycles. The SMILES string of the molecule is COc1ccc(SC(C)C(=O)NCC(C)C)cc1. The van der Waals surface area contributed by atoms with Crippen LogP contribution in [0.1, 0.15) is 20.8 Å². The monoisotopic (exact) mass is 267 g/mol. The van der Waals surface area contributed by atoms with Gasteiger partial charge in [-0.15, -0.1) is 11.8 Å². The van der Waals surface area contributed by atoms with E-state index in [1.165, 1.54) is 0 Å². The van der Waals surface area contributed by atoms with Crippen LogP contribution >= 0.6 is 11.8 Å². The van der Waals surface area contributed by atoms with Crippen LogP contribution in [0.15, 0.2) is 29.2 Å². The Labute approximate surface area is 113 Å². The van der Waals surface area contributed by atoms with E-state index in [1.54, 1.807) is 18.9 Å². The van der Waals surface area contributed by atoms with E-state index in [1.807, 2.05) is 31.2 Å². The first-order chi connectivity index (χ1) is 8.52. The second kappa shape index (κ2) is 7.31. The third-order valence-electron chi connectivity index (χ3n) is 2.43. The molecule has 3 nitrogen and oxygen atoms in total. The first kappa shape index (κ1) is 14.9. The van der Waals surface area contributed by atoms with Crippen molar-refractivity contribution in [3.63, 3.8) is 0 Å². The largest absolute Gasteiger partial charge is 0.497 e. The number of carbonyl (C=O) groups is 1. The van der Waals surface area contributed by atoms with Gasteiger partial charge in [-0.25, -0.2) is 0 Å². The summed E-state index contributed by atoms with van der Waals surface area (Å²) in [4.78, 5) is 12.9. The molecule has 1 aromatic carbocycles. The fraction of sp³-hybridized carbons (Fsp3) is 0.500. The fourth-order valence-electron chi connectivity index (χ4n) is 1.36. The number of ether oxygens (including phenoxy) is 1. The minimum Gasteiger partial charge on any atom is -0.497 e. The normalized spacial score (nSPS) is 12.3. The summed E-state index contributed by atoms with van der Waals surface area (Å²) in [6.45, 7) is 6.82. The number of thioether (sulfide) groups is 1. The summed E-state index contributed by atoms with van der Waals surface area (Å²) in [6.07, 6.45) is 0. The molecule has 0 spiro atoms. The van der Waals surface area contributed by atoms with E-state index in [0.717, 1.165) is 17.2 Å². The zero-order valence-electron chi connectivity index (χ0n) is 11.4. The van der Waals surface area contributed by atoms with Crippen molar-refractivity contribution in [3.05, 3.63) is 24.3 Å². The number of rotatable bonds is 6. The lowest BCUT2D eigenvalue weighted by Crippen LogP contribution is -2.33. The summed E-state index contributed by atoms with van der Waals surface area (Å²) in [5.74, 6) is 1.40. The lowest BCUT2D eigenvalue weighted by Gasteiger charge is -2.13. The molecule has 4 heteroatoms. The highest BCUT2D eigenvalue weighted by molar-refractivity contribution is 8.00. The van der Waals surface area contributed by atoms with E-state index >= 15 is 0 Å². The Morgan fingerprint density at radius 1 is 1.28 bits per heavy atom. The predicted molar refractivity (Wildman–Crippen MR) is 76.2 cm³/mol. The zero-order chi connectivity index (χ0) is 13.5. The van der Waals surface area contributed by atoms with Crippen LogP contribution in [-0.4, -0.2) is 24.8 Å². The van der Waals surface area contributed by atoms with Crippen LogP contribution in [0.4, 0.5) is 0 Å². The summed E-state index contributed by atoms with van der Waals surface area (Å²) in [7, 11) is 1.64. The van der Waals surface area contributed by atoms with Gasteiger partial charge in [-0.3, -0.25) is 4.79 Å². The maximum atomic E-state index is 11.8. The third kappa shape index (κ3) is 5.00. The average molecular weight is 267 g/mol. The first-order valence-electron chi connectivity index (χ1n) is 6.11. The van der Waals surface area contributed by atoms with Crippen LogP contribution in [0.5, 0.6) is 5.75 Å². The van der Waals surface area contributed by atoms with Crippen molar-refractivity contribution in [3.8, 4) is 5.75 Å². The number of methoxy groups -OCH3 is 1. The van der Waals surface area contributed by atoms with Gasteiger partial charge in [0.05, 0.1) is 12.4 Å². The molecule has 0 saturated carbocycles. The highest BCUT2D eigenvalue weighted by Gasteiger charge is 2.14. The molecular weight excluding hydrogens is 246 g/mol. The molecule has 1 amide bonds. The van der Waals surface area contributed by atoms with Gasteiger partial charge in [0.15, 0.2) is 0 Å². The maximum Gasteiger partial charge on any atom is 0.233 e. The topological polar surface area (TPSA) is 38.3 Å². The standard InChI is InChI=1S/C14H21NO2S/c1-10(2)9-15-14(16)11(3)18-13-7-5-12(17-4)6-8-13/h5-8,10-11H,9H2,1-4H3,(H,15,16). The fourth-order valence-corrected chi connectivity index (χ4v) is 2.25. The lowest BCUT2D eigenvalue weighted by molar-refractivity contribution is -0.120. The van der Waals surface area contributed by atoms with Gasteiger partial charge >= 0.3 is 0 Å². The molecule has 1 atom stereocenters. The Hall–Kier alpha value is -1.16. The van der Waals surface area contributed by atoms with E-state index in [-0.39, 0.29) is 11.2 Å². The van der Waals surface area contributed by atoms with Gasteiger partial charge < -0.3 is 10.1 Å². The number of amides is 1. The Morgan fingerprint density at radius 2 is 1.89 bits per heavy atom. The number of hydrogen-bond acceptors (Lipinski definition) is 3. The zero-order valence-corrected chi connectivity index (χ0v) is 12.2. The number of benzene rings is 1. The molecule has 1 unspecified atom stereocenters. The van der Waals surface area contributed by atoms with Crippen molar-refractivity contribution in [1.82, 2.24) is 5.32 Å². The number of carbonyl (C=O) groups excluding carboxylic acids is 1. The van der Waals surface area contributed by atoms with Gasteiger partial charge in [0.25, 0.3) is 0 Å². The van der Waals surface area contributed by atoms with Crippen molar-refractivity contribution in [1.29, 1.82) is 0 Å². The molecule has 0 bridgehead atoms. The van der Waals surface area contributed by atoms with Crippen molar-refractivity contribution in [2.24, 2.45) is 5.92 Å². The quantitative estimate of drug-likeness (QED) is 0.805. The molecule has 0 aromatic heterocycles. The lowest BCUT2D eigenvalue weighted by atomic mass is 10.2. The number of hydrogen-bond donors (Lipinski definition) is 1. The molecule has 0 radical (unpaired) electrons. The van der Waals surface area contributed by atoms with Crippen molar-refractivity contribution in [2.45, 2.75) is 30.9 Å². The Morgan fingerprint density at radius 3 is 2.39 bits per heavy atom. The van der Waals surface area contributed by atoms with E-state index in [9.17, 15) is 4.79 Å². The Kier molecular flexibility index (Phi) is 6.05. The van der Waals surface area contributed by atoms with Crippen molar-refractivity contribution < 1.29 is 9.53 Å². The summed E-state index contributed by atoms with van der Waals surface area (Å²) in [6, 6.07) is 7.74. The molecule has 0 fully saturated rings. The molecule has 18 heavy (non-hydrogen) atoms. The smallest absolute Gasteiger partial charge is 0.233 e. The first-order valence-corrected chi connectivity index (χ1v) is 6.99. The van der Waals surface area contributed by atoms with Gasteiger partial charge in [0, 0.05) is 11.4 Å². The minimum absolute atomic E-state index is 0.0860. The van der Waals surface area contributed by atoms with Gasteiger partial charge in [-0.2, -0.15) is 0 Å². The van der Waals surface area contributed by atoms with Crippen molar-refractivity contribution in [2.75, 3.05) is 13.7 Å². The molecule has 1 aromatic rings. The molecule has 0 saturated heterocycles. The molecule has 0 aliphatic rings. The van der Waals surface area contributed by atoms with Gasteiger partial charge in [-0.1, -0.05) is 13.8 Å². The van der Waals surface area contributed by atoms with Gasteiger partial charge in [0.2, 0.25) is 5.91 Å². The van der Waals surface area contributed by atoms with E-state index in [4.69, 9.17) is 4.74 Å². The molecule has 0 aliphatic carbocycles. The predicted octanol–water partition coefficient (Wildman–Crippen LogP) is 2.95. The highest BCUT2D eigenvalue weighted by Crippen LogP contribution is 2.25. The van der Waals surface area contributed by atoms with Gasteiger partial charge in [-0.05, 0) is 37.1 Å². The molecule has 0 heterocycles. The third-order valence-corrected chi connectivity index (χ3v) is 3.54. The molecule has 1 rings (SSSR count). The van der Waals surface area contributed by atoms with Crippen LogP contribution in [0, 0.1) is 5.92 Å². The number of nitrogens with one attached hydrogen (secondary N) is 1. The minimum atomic E-state index is -0.0860. The van der Waals surface area contributed by atoms with Crippen LogP contribution < -0.4 is 10.1 Å². The van der Waals surface area contributed by atoms with E-state index in [2.05, 4.69) is 19.2 Å². The maximum absolute atomic E-state index is 11.8. The van der Waals surface area contributed by atoms with E-state index in [0.29, 0.717) is 5.92 Å². The van der Waals surface area contributed by atoms with Crippen LogP contribution in [0.2, 0.25) is 0 Å². The van der Waals surface area contributed by atoms with Crippen LogP contribution in [0.25, 0.3) is 0 Å². The second-order valence-corrected chi connectivity index (χ2v) is 5.99. The summed E-state index contributed by atoms with van der Waals surface area (Å²) in [5.41, 5.74) is 0. The summed E-state index contributed by atoms with van der Waals surface area (Å²) < 4.78 is 5.10. The van der Waals surface area contributed by atoms with Crippen LogP contribution in [-0.2, 0) is 4.79 Å². The Balaban J connectivity index is 2.47. The second-order valence-electron chi connectivity index (χ2n) is 4.57. The highest BCUT2D eigenvalue weighted by atomic mass is 32.2. The molecule has 100 valence electrons. The molecular formula is C14H21NO2S. The summed E-state index contributed by atoms with van der Waals surface area (Å²) >= 11 is 1.55.